The number of hydrogen-bond donors (Lipinski definition) is 1. The molecule has 2 rings (SSSR count). The third kappa shape index (κ3) is 2.17. The summed E-state index contributed by atoms with van der Waals surface area (Å²) in [6.45, 7) is 4.04. The van der Waals surface area contributed by atoms with Crippen molar-refractivity contribution in [2.75, 3.05) is 0 Å². The van der Waals surface area contributed by atoms with Crippen LogP contribution in [0.4, 0.5) is 0 Å². The Labute approximate surface area is 99.8 Å². The van der Waals surface area contributed by atoms with Crippen LogP contribution in [0.15, 0.2) is 34.9 Å². The fourth-order valence-corrected chi connectivity index (χ4v) is 1.53. The molecule has 0 aliphatic carbocycles. The van der Waals surface area contributed by atoms with E-state index in [4.69, 9.17) is 9.93 Å². The highest BCUT2D eigenvalue weighted by Gasteiger charge is 2.17. The lowest BCUT2D eigenvalue weighted by Crippen LogP contribution is -2.40. The predicted octanol–water partition coefficient (Wildman–Crippen LogP) is 1.54. The maximum absolute atomic E-state index is 7.62. The first-order chi connectivity index (χ1) is 7.20. The first-order valence-electron chi connectivity index (χ1n) is 4.89. The second-order valence-corrected chi connectivity index (χ2v) is 3.69. The SMILES string of the molecule is CC(C)c1c(=N)o[n-][n+]1-c1ccccc1.Cl. The lowest BCUT2D eigenvalue weighted by Gasteiger charge is -2.02. The standard InChI is InChI=1S/C11H13N3O.ClH/c1-8(2)10-11(12)15-13-14(10)9-6-4-3-5-7-9;/h3-8,12H,1-2H3;1H. The lowest BCUT2D eigenvalue weighted by molar-refractivity contribution is -0.684. The highest BCUT2D eigenvalue weighted by atomic mass is 35.5. The number of para-hydroxylation sites is 1. The fraction of sp³-hybridized carbons (Fsp3) is 0.273. The molecular formula is C11H14ClN3O. The maximum atomic E-state index is 7.62. The summed E-state index contributed by atoms with van der Waals surface area (Å²) in [5.74, 6) is 0.212. The van der Waals surface area contributed by atoms with Crippen LogP contribution >= 0.6 is 12.4 Å². The third-order valence-electron chi connectivity index (χ3n) is 2.22. The van der Waals surface area contributed by atoms with E-state index in [2.05, 4.69) is 5.27 Å². The van der Waals surface area contributed by atoms with E-state index in [0.717, 1.165) is 11.4 Å². The molecule has 0 unspecified atom stereocenters. The first kappa shape index (κ1) is 12.5. The number of aromatic nitrogens is 2. The minimum Gasteiger partial charge on any atom is -0.486 e. The van der Waals surface area contributed by atoms with Crippen molar-refractivity contribution in [2.24, 2.45) is 0 Å². The molecule has 0 bridgehead atoms. The van der Waals surface area contributed by atoms with Crippen molar-refractivity contribution < 1.29 is 9.20 Å². The normalized spacial score (nSPS) is 10.2. The Balaban J connectivity index is 0.00000128. The van der Waals surface area contributed by atoms with Crippen molar-refractivity contribution in [3.05, 3.63) is 41.6 Å². The Morgan fingerprint density at radius 3 is 2.44 bits per heavy atom. The van der Waals surface area contributed by atoms with E-state index in [0.29, 0.717) is 0 Å². The van der Waals surface area contributed by atoms with Gasteiger partial charge in [-0.3, -0.25) is 5.41 Å². The monoisotopic (exact) mass is 239 g/mol. The molecule has 4 nitrogen and oxygen atoms in total. The van der Waals surface area contributed by atoms with Gasteiger partial charge in [-0.2, -0.15) is 0 Å². The van der Waals surface area contributed by atoms with Crippen LogP contribution in [-0.2, 0) is 0 Å². The van der Waals surface area contributed by atoms with Gasteiger partial charge in [-0.05, 0) is 0 Å². The van der Waals surface area contributed by atoms with E-state index in [-0.39, 0.29) is 23.9 Å². The zero-order chi connectivity index (χ0) is 10.8. The Bertz CT molecular complexity index is 501. The van der Waals surface area contributed by atoms with Crippen LogP contribution in [-0.4, -0.2) is 0 Å². The molecule has 0 saturated carbocycles. The van der Waals surface area contributed by atoms with Gasteiger partial charge in [0.2, 0.25) is 11.4 Å². The van der Waals surface area contributed by atoms with Crippen molar-refractivity contribution >= 4 is 12.4 Å². The molecule has 0 aliphatic rings. The first-order valence-corrected chi connectivity index (χ1v) is 4.89. The Morgan fingerprint density at radius 2 is 1.88 bits per heavy atom. The molecule has 86 valence electrons. The molecule has 0 saturated heterocycles. The number of nitrogens with one attached hydrogen (secondary N) is 1. The van der Waals surface area contributed by atoms with Crippen molar-refractivity contribution in [1.82, 2.24) is 5.27 Å². The molecule has 0 amide bonds. The van der Waals surface area contributed by atoms with Gasteiger partial charge in [-0.15, -0.1) is 12.4 Å². The van der Waals surface area contributed by atoms with Gasteiger partial charge in [0.05, 0.1) is 0 Å². The van der Waals surface area contributed by atoms with Gasteiger partial charge in [-0.25, -0.2) is 9.95 Å². The van der Waals surface area contributed by atoms with Crippen molar-refractivity contribution in [3.63, 3.8) is 0 Å². The molecule has 0 aliphatic heterocycles. The summed E-state index contributed by atoms with van der Waals surface area (Å²) in [7, 11) is 0. The molecule has 0 spiro atoms. The average Bonchev–Trinajstić information content (AvgIpc) is 2.61. The topological polar surface area (TPSA) is 55.0 Å². The zero-order valence-electron chi connectivity index (χ0n) is 9.18. The minimum atomic E-state index is 0. The molecule has 16 heavy (non-hydrogen) atoms. The van der Waals surface area contributed by atoms with E-state index in [1.165, 1.54) is 0 Å². The van der Waals surface area contributed by atoms with Crippen LogP contribution in [0.1, 0.15) is 25.5 Å². The van der Waals surface area contributed by atoms with Gasteiger partial charge in [0.15, 0.2) is 0 Å². The summed E-state index contributed by atoms with van der Waals surface area (Å²) in [6.07, 6.45) is 0. The smallest absolute Gasteiger partial charge is 0.269 e. The van der Waals surface area contributed by atoms with Gasteiger partial charge in [0, 0.05) is 18.1 Å². The summed E-state index contributed by atoms with van der Waals surface area (Å²) in [5, 5.41) is 11.5. The Hall–Kier alpha value is -1.55. The second-order valence-electron chi connectivity index (χ2n) is 3.69. The molecule has 0 fully saturated rings. The van der Waals surface area contributed by atoms with E-state index in [1.54, 1.807) is 4.68 Å². The van der Waals surface area contributed by atoms with E-state index in [1.807, 2.05) is 44.2 Å². The summed E-state index contributed by atoms with van der Waals surface area (Å²) in [4.78, 5) is 0. The minimum absolute atomic E-state index is 0. The summed E-state index contributed by atoms with van der Waals surface area (Å²) in [5.41, 5.74) is 1.85. The van der Waals surface area contributed by atoms with Gasteiger partial charge < -0.3 is 4.52 Å². The molecular weight excluding hydrogens is 226 g/mol. The highest BCUT2D eigenvalue weighted by Crippen LogP contribution is 2.06. The summed E-state index contributed by atoms with van der Waals surface area (Å²) < 4.78 is 6.56. The zero-order valence-corrected chi connectivity index (χ0v) is 9.99. The Kier molecular flexibility index (Phi) is 3.90. The molecule has 0 atom stereocenters. The van der Waals surface area contributed by atoms with Crippen molar-refractivity contribution in [1.29, 1.82) is 5.41 Å². The Morgan fingerprint density at radius 1 is 1.25 bits per heavy atom. The van der Waals surface area contributed by atoms with E-state index < -0.39 is 0 Å². The fourth-order valence-electron chi connectivity index (χ4n) is 1.53. The molecule has 1 heterocycles. The lowest BCUT2D eigenvalue weighted by atomic mass is 10.1. The number of hydrogen-bond acceptors (Lipinski definition) is 2. The largest absolute Gasteiger partial charge is 0.486 e. The highest BCUT2D eigenvalue weighted by molar-refractivity contribution is 5.85. The second kappa shape index (κ2) is 4.99. The number of nitrogens with zero attached hydrogens (tertiary/aromatic N) is 2. The van der Waals surface area contributed by atoms with Crippen LogP contribution in [0.2, 0.25) is 0 Å². The molecule has 1 aromatic carbocycles. The summed E-state index contributed by atoms with van der Waals surface area (Å²) >= 11 is 0. The van der Waals surface area contributed by atoms with Crippen molar-refractivity contribution in [3.8, 4) is 5.69 Å². The van der Waals surface area contributed by atoms with Crippen molar-refractivity contribution in [2.45, 2.75) is 19.8 Å². The van der Waals surface area contributed by atoms with Crippen LogP contribution in [0.3, 0.4) is 0 Å². The summed E-state index contributed by atoms with van der Waals surface area (Å²) in [6, 6.07) is 9.69. The van der Waals surface area contributed by atoms with Gasteiger partial charge in [-0.1, -0.05) is 32.0 Å². The number of halogens is 1. The maximum Gasteiger partial charge on any atom is 0.269 e. The van der Waals surface area contributed by atoms with E-state index in [9.17, 15) is 0 Å². The average molecular weight is 240 g/mol. The van der Waals surface area contributed by atoms with E-state index >= 15 is 0 Å². The quantitative estimate of drug-likeness (QED) is 0.809. The van der Waals surface area contributed by atoms with Gasteiger partial charge >= 0.3 is 0 Å². The third-order valence-corrected chi connectivity index (χ3v) is 2.22. The number of benzene rings is 1. The van der Waals surface area contributed by atoms with Gasteiger partial charge in [0.25, 0.3) is 5.55 Å². The molecule has 0 radical (unpaired) electrons. The predicted molar refractivity (Wildman–Crippen MR) is 60.8 cm³/mol. The van der Waals surface area contributed by atoms with Crippen LogP contribution < -0.4 is 15.5 Å². The molecule has 5 heteroatoms. The number of rotatable bonds is 2. The molecule has 1 N–H and O–H groups in total. The van der Waals surface area contributed by atoms with Gasteiger partial charge in [0.1, 0.15) is 0 Å². The van der Waals surface area contributed by atoms with Crippen LogP contribution in [0.5, 0.6) is 0 Å². The van der Waals surface area contributed by atoms with Crippen LogP contribution in [0.25, 0.3) is 5.69 Å². The molecule has 2 aromatic rings. The van der Waals surface area contributed by atoms with Crippen LogP contribution in [0, 0.1) is 5.41 Å². The molecule has 1 aromatic heterocycles.